The van der Waals surface area contributed by atoms with E-state index in [0.717, 1.165) is 11.8 Å². The van der Waals surface area contributed by atoms with Gasteiger partial charge in [-0.2, -0.15) is 0 Å². The molecule has 1 heteroatoms. The third-order valence-electron chi connectivity index (χ3n) is 3.33. The van der Waals surface area contributed by atoms with Crippen molar-refractivity contribution in [3.8, 4) is 0 Å². The zero-order chi connectivity index (χ0) is 9.90. The van der Waals surface area contributed by atoms with E-state index >= 15 is 0 Å². The second-order valence-electron chi connectivity index (χ2n) is 5.65. The number of hydrogen-bond donors (Lipinski definition) is 1. The summed E-state index contributed by atoms with van der Waals surface area (Å²) < 4.78 is 0. The minimum Gasteiger partial charge on any atom is -0.326 e. The second-order valence-corrected chi connectivity index (χ2v) is 5.65. The minimum absolute atomic E-state index is 0.0447. The molecule has 13 heavy (non-hydrogen) atoms. The average molecular weight is 183 g/mol. The van der Waals surface area contributed by atoms with Gasteiger partial charge in [-0.15, -0.1) is 0 Å². The first-order chi connectivity index (χ1) is 5.97. The summed E-state index contributed by atoms with van der Waals surface area (Å²) in [4.78, 5) is 0. The van der Waals surface area contributed by atoms with Crippen LogP contribution >= 0.6 is 0 Å². The van der Waals surface area contributed by atoms with E-state index in [9.17, 15) is 0 Å². The highest BCUT2D eigenvalue weighted by Crippen LogP contribution is 2.32. The Kier molecular flexibility index (Phi) is 3.78. The lowest BCUT2D eigenvalue weighted by Crippen LogP contribution is -2.32. The Balaban J connectivity index is 2.16. The molecule has 0 atom stereocenters. The molecule has 0 aromatic carbocycles. The summed E-state index contributed by atoms with van der Waals surface area (Å²) in [5, 5.41) is 0. The quantitative estimate of drug-likeness (QED) is 0.713. The van der Waals surface area contributed by atoms with E-state index in [1.165, 1.54) is 38.5 Å². The molecular formula is C12H25N. The molecule has 1 fully saturated rings. The summed E-state index contributed by atoms with van der Waals surface area (Å²) in [6, 6.07) is 0. The molecule has 0 saturated heterocycles. The van der Waals surface area contributed by atoms with Gasteiger partial charge in [0.1, 0.15) is 0 Å². The predicted octanol–water partition coefficient (Wildman–Crippen LogP) is 3.33. The van der Waals surface area contributed by atoms with E-state index in [-0.39, 0.29) is 5.54 Å². The zero-order valence-electron chi connectivity index (χ0n) is 9.47. The summed E-state index contributed by atoms with van der Waals surface area (Å²) >= 11 is 0. The van der Waals surface area contributed by atoms with Crippen molar-refractivity contribution in [1.29, 1.82) is 0 Å². The highest BCUT2D eigenvalue weighted by molar-refractivity contribution is 4.76. The van der Waals surface area contributed by atoms with Crippen LogP contribution < -0.4 is 5.73 Å². The lowest BCUT2D eigenvalue weighted by molar-refractivity contribution is 0.258. The fraction of sp³-hybridized carbons (Fsp3) is 1.00. The Morgan fingerprint density at radius 2 is 1.69 bits per heavy atom. The molecule has 0 heterocycles. The van der Waals surface area contributed by atoms with Crippen LogP contribution in [-0.2, 0) is 0 Å². The van der Waals surface area contributed by atoms with Crippen LogP contribution in [0.5, 0.6) is 0 Å². The van der Waals surface area contributed by atoms with Gasteiger partial charge in [-0.05, 0) is 38.5 Å². The molecule has 1 aliphatic carbocycles. The van der Waals surface area contributed by atoms with Gasteiger partial charge in [0.05, 0.1) is 0 Å². The van der Waals surface area contributed by atoms with Crippen molar-refractivity contribution in [3.63, 3.8) is 0 Å². The topological polar surface area (TPSA) is 26.0 Å². The van der Waals surface area contributed by atoms with Gasteiger partial charge in [0.25, 0.3) is 0 Å². The average Bonchev–Trinajstić information content (AvgIpc) is 2.02. The molecule has 78 valence electrons. The van der Waals surface area contributed by atoms with Crippen LogP contribution in [0.25, 0.3) is 0 Å². The van der Waals surface area contributed by atoms with E-state index in [2.05, 4.69) is 20.8 Å². The fourth-order valence-corrected chi connectivity index (χ4v) is 2.19. The lowest BCUT2D eigenvalue weighted by Gasteiger charge is -2.28. The Hall–Kier alpha value is -0.0400. The molecule has 2 N–H and O–H groups in total. The van der Waals surface area contributed by atoms with E-state index < -0.39 is 0 Å². The maximum absolute atomic E-state index is 5.98. The molecular weight excluding hydrogens is 158 g/mol. The summed E-state index contributed by atoms with van der Waals surface area (Å²) in [5.74, 6) is 1.95. The Morgan fingerprint density at radius 3 is 2.15 bits per heavy atom. The van der Waals surface area contributed by atoms with E-state index in [1.807, 2.05) is 0 Å². The van der Waals surface area contributed by atoms with Crippen LogP contribution in [0.15, 0.2) is 0 Å². The van der Waals surface area contributed by atoms with Crippen LogP contribution in [0, 0.1) is 11.8 Å². The van der Waals surface area contributed by atoms with Gasteiger partial charge in [-0.1, -0.05) is 32.6 Å². The van der Waals surface area contributed by atoms with Crippen molar-refractivity contribution in [2.75, 3.05) is 0 Å². The van der Waals surface area contributed by atoms with Crippen molar-refractivity contribution < 1.29 is 0 Å². The molecule has 1 rings (SSSR count). The molecule has 0 aromatic heterocycles. The monoisotopic (exact) mass is 183 g/mol. The standard InChI is InChI=1S/C12H25N/c1-10-4-6-11(7-5-10)8-9-12(2,3)13/h10-11H,4-9,13H2,1-3H3. The van der Waals surface area contributed by atoms with E-state index in [0.29, 0.717) is 0 Å². The van der Waals surface area contributed by atoms with Gasteiger partial charge in [-0.25, -0.2) is 0 Å². The Morgan fingerprint density at radius 1 is 1.15 bits per heavy atom. The van der Waals surface area contributed by atoms with E-state index in [1.54, 1.807) is 0 Å². The smallest absolute Gasteiger partial charge is 0.00971 e. The van der Waals surface area contributed by atoms with E-state index in [4.69, 9.17) is 5.73 Å². The largest absolute Gasteiger partial charge is 0.326 e. The Labute approximate surface area is 83.1 Å². The molecule has 1 aliphatic rings. The third-order valence-corrected chi connectivity index (χ3v) is 3.33. The molecule has 0 radical (unpaired) electrons. The summed E-state index contributed by atoms with van der Waals surface area (Å²) in [5.41, 5.74) is 6.02. The normalized spacial score (nSPS) is 30.5. The minimum atomic E-state index is 0.0447. The van der Waals surface area contributed by atoms with Gasteiger partial charge in [0.15, 0.2) is 0 Å². The maximum atomic E-state index is 5.98. The second kappa shape index (κ2) is 4.45. The summed E-state index contributed by atoms with van der Waals surface area (Å²) in [7, 11) is 0. The van der Waals surface area contributed by atoms with Crippen LogP contribution in [0.1, 0.15) is 59.3 Å². The molecule has 0 spiro atoms. The zero-order valence-corrected chi connectivity index (χ0v) is 9.47. The van der Waals surface area contributed by atoms with Crippen molar-refractivity contribution in [2.45, 2.75) is 64.8 Å². The van der Waals surface area contributed by atoms with Crippen LogP contribution in [-0.4, -0.2) is 5.54 Å². The van der Waals surface area contributed by atoms with Crippen LogP contribution in [0.2, 0.25) is 0 Å². The summed E-state index contributed by atoms with van der Waals surface area (Å²) in [6.07, 6.45) is 8.29. The fourth-order valence-electron chi connectivity index (χ4n) is 2.19. The van der Waals surface area contributed by atoms with Crippen LogP contribution in [0.3, 0.4) is 0 Å². The first-order valence-corrected chi connectivity index (χ1v) is 5.76. The lowest BCUT2D eigenvalue weighted by atomic mass is 9.79. The van der Waals surface area contributed by atoms with Gasteiger partial charge >= 0.3 is 0 Å². The van der Waals surface area contributed by atoms with Crippen molar-refractivity contribution in [1.82, 2.24) is 0 Å². The van der Waals surface area contributed by atoms with Gasteiger partial charge in [-0.3, -0.25) is 0 Å². The van der Waals surface area contributed by atoms with Gasteiger partial charge in [0.2, 0.25) is 0 Å². The van der Waals surface area contributed by atoms with Crippen LogP contribution in [0.4, 0.5) is 0 Å². The summed E-state index contributed by atoms with van der Waals surface area (Å²) in [6.45, 7) is 6.65. The number of nitrogens with two attached hydrogens (primary N) is 1. The molecule has 0 unspecified atom stereocenters. The molecule has 0 aromatic rings. The molecule has 0 bridgehead atoms. The van der Waals surface area contributed by atoms with Crippen molar-refractivity contribution >= 4 is 0 Å². The Bertz CT molecular complexity index is 138. The molecule has 0 amide bonds. The highest BCUT2D eigenvalue weighted by atomic mass is 14.7. The van der Waals surface area contributed by atoms with Gasteiger partial charge < -0.3 is 5.73 Å². The number of rotatable bonds is 3. The first kappa shape index (κ1) is 11.0. The predicted molar refractivity (Wildman–Crippen MR) is 58.6 cm³/mol. The first-order valence-electron chi connectivity index (χ1n) is 5.76. The maximum Gasteiger partial charge on any atom is 0.00971 e. The third kappa shape index (κ3) is 4.66. The number of hydrogen-bond acceptors (Lipinski definition) is 1. The molecule has 1 saturated carbocycles. The SMILES string of the molecule is CC1CCC(CCC(C)(C)N)CC1. The molecule has 1 nitrogen and oxygen atoms in total. The van der Waals surface area contributed by atoms with Crippen molar-refractivity contribution in [3.05, 3.63) is 0 Å². The molecule has 0 aliphatic heterocycles. The van der Waals surface area contributed by atoms with Gasteiger partial charge in [0, 0.05) is 5.54 Å². The van der Waals surface area contributed by atoms with Crippen molar-refractivity contribution in [2.24, 2.45) is 17.6 Å². The highest BCUT2D eigenvalue weighted by Gasteiger charge is 2.20.